The summed E-state index contributed by atoms with van der Waals surface area (Å²) in [4.78, 5) is 8.97. The minimum Gasteiger partial charge on any atom is -0.363 e. The molecule has 1 atom stereocenters. The summed E-state index contributed by atoms with van der Waals surface area (Å²) in [5.74, 6) is 1.74. The van der Waals surface area contributed by atoms with Gasteiger partial charge in [-0.25, -0.2) is 9.97 Å². The first-order chi connectivity index (χ1) is 9.23. The maximum absolute atomic E-state index is 6.00. The lowest BCUT2D eigenvalue weighted by Crippen LogP contribution is -2.45. The van der Waals surface area contributed by atoms with Crippen molar-refractivity contribution in [2.75, 3.05) is 11.9 Å². The molecule has 0 radical (unpaired) electrons. The van der Waals surface area contributed by atoms with Crippen LogP contribution in [0, 0.1) is 5.92 Å². The quantitative estimate of drug-likeness (QED) is 0.815. The van der Waals surface area contributed by atoms with E-state index in [0.29, 0.717) is 12.5 Å². The molecule has 1 saturated carbocycles. The molecule has 1 aromatic rings. The first kappa shape index (κ1) is 12.9. The van der Waals surface area contributed by atoms with Gasteiger partial charge in [0.05, 0.1) is 5.54 Å². The highest BCUT2D eigenvalue weighted by molar-refractivity contribution is 5.49. The molecule has 0 aromatic carbocycles. The maximum atomic E-state index is 6.00. The highest BCUT2D eigenvalue weighted by Gasteiger charge is 2.41. The lowest BCUT2D eigenvalue weighted by Gasteiger charge is -2.31. The van der Waals surface area contributed by atoms with Gasteiger partial charge < -0.3 is 11.1 Å². The highest BCUT2D eigenvalue weighted by Crippen LogP contribution is 2.41. The Morgan fingerprint density at radius 1 is 1.26 bits per heavy atom. The van der Waals surface area contributed by atoms with Gasteiger partial charge >= 0.3 is 0 Å². The van der Waals surface area contributed by atoms with Gasteiger partial charge in [-0.2, -0.15) is 0 Å². The Bertz CT molecular complexity index is 455. The zero-order chi connectivity index (χ0) is 13.3. The predicted molar refractivity (Wildman–Crippen MR) is 77.1 cm³/mol. The lowest BCUT2D eigenvalue weighted by molar-refractivity contribution is 0.457. The van der Waals surface area contributed by atoms with Crippen LogP contribution >= 0.6 is 0 Å². The lowest BCUT2D eigenvalue weighted by atomic mass is 9.95. The van der Waals surface area contributed by atoms with Gasteiger partial charge in [-0.3, -0.25) is 0 Å². The molecule has 0 saturated heterocycles. The molecule has 0 amide bonds. The summed E-state index contributed by atoms with van der Waals surface area (Å²) >= 11 is 0. The molecule has 3 rings (SSSR count). The molecule has 0 aliphatic heterocycles. The van der Waals surface area contributed by atoms with Crippen LogP contribution in [-0.2, 0) is 12.8 Å². The van der Waals surface area contributed by atoms with Crippen molar-refractivity contribution in [3.63, 3.8) is 0 Å². The second-order valence-electron chi connectivity index (χ2n) is 6.23. The van der Waals surface area contributed by atoms with Gasteiger partial charge in [0.15, 0.2) is 0 Å². The highest BCUT2D eigenvalue weighted by atomic mass is 15.1. The first-order valence-electron chi connectivity index (χ1n) is 7.54. The Morgan fingerprint density at radius 3 is 2.79 bits per heavy atom. The third-order valence-corrected chi connectivity index (χ3v) is 4.68. The van der Waals surface area contributed by atoms with Crippen LogP contribution in [0.15, 0.2) is 6.33 Å². The molecule has 3 N–H and O–H groups in total. The average molecular weight is 260 g/mol. The van der Waals surface area contributed by atoms with Crippen LogP contribution in [0.1, 0.15) is 50.3 Å². The van der Waals surface area contributed by atoms with Crippen LogP contribution in [0.3, 0.4) is 0 Å². The van der Waals surface area contributed by atoms with E-state index in [2.05, 4.69) is 22.2 Å². The van der Waals surface area contributed by atoms with Crippen LogP contribution in [0.2, 0.25) is 0 Å². The zero-order valence-corrected chi connectivity index (χ0v) is 11.8. The minimum atomic E-state index is -0.00553. The number of nitrogens with one attached hydrogen (secondary N) is 1. The van der Waals surface area contributed by atoms with Gasteiger partial charge in [-0.1, -0.05) is 6.42 Å². The van der Waals surface area contributed by atoms with E-state index in [1.807, 2.05) is 0 Å². The van der Waals surface area contributed by atoms with Crippen molar-refractivity contribution in [2.45, 2.75) is 57.4 Å². The fourth-order valence-electron chi connectivity index (χ4n) is 3.12. The van der Waals surface area contributed by atoms with Crippen molar-refractivity contribution in [3.8, 4) is 0 Å². The van der Waals surface area contributed by atoms with Crippen molar-refractivity contribution in [1.82, 2.24) is 9.97 Å². The second-order valence-corrected chi connectivity index (χ2v) is 6.23. The summed E-state index contributed by atoms with van der Waals surface area (Å²) in [6.45, 7) is 2.90. The molecule has 104 valence electrons. The number of hydrogen-bond donors (Lipinski definition) is 2. The second kappa shape index (κ2) is 5.08. The zero-order valence-electron chi connectivity index (χ0n) is 11.8. The Balaban J connectivity index is 1.88. The van der Waals surface area contributed by atoms with Crippen molar-refractivity contribution in [1.29, 1.82) is 0 Å². The largest absolute Gasteiger partial charge is 0.363 e. The van der Waals surface area contributed by atoms with Crippen LogP contribution in [0.5, 0.6) is 0 Å². The van der Waals surface area contributed by atoms with Crippen molar-refractivity contribution in [3.05, 3.63) is 17.6 Å². The minimum absolute atomic E-state index is 0.00553. The number of nitrogens with zero attached hydrogens (tertiary/aromatic N) is 2. The first-order valence-corrected chi connectivity index (χ1v) is 7.54. The van der Waals surface area contributed by atoms with Gasteiger partial charge in [0.2, 0.25) is 0 Å². The molecule has 1 heterocycles. The van der Waals surface area contributed by atoms with E-state index in [0.717, 1.165) is 18.7 Å². The molecule has 0 bridgehead atoms. The number of anilines is 1. The van der Waals surface area contributed by atoms with Crippen molar-refractivity contribution < 1.29 is 0 Å². The Labute approximate surface area is 115 Å². The summed E-state index contributed by atoms with van der Waals surface area (Å²) in [6, 6.07) is 0. The van der Waals surface area contributed by atoms with Gasteiger partial charge in [0.1, 0.15) is 12.1 Å². The van der Waals surface area contributed by atoms with Crippen molar-refractivity contribution >= 4 is 5.82 Å². The molecule has 2 aliphatic carbocycles. The molecule has 1 aromatic heterocycles. The van der Waals surface area contributed by atoms with E-state index in [9.17, 15) is 0 Å². The summed E-state index contributed by atoms with van der Waals surface area (Å²) in [5, 5.41) is 3.65. The number of hydrogen-bond acceptors (Lipinski definition) is 4. The monoisotopic (exact) mass is 260 g/mol. The molecule has 1 fully saturated rings. The van der Waals surface area contributed by atoms with E-state index < -0.39 is 0 Å². The molecular weight excluding hydrogens is 236 g/mol. The standard InChI is InChI=1S/C15H24N4/c1-15(9-16,11-7-8-11)19-14-12-5-3-2-4-6-13(12)17-10-18-14/h10-11H,2-9,16H2,1H3,(H,17,18,19). The van der Waals surface area contributed by atoms with E-state index in [1.54, 1.807) is 6.33 Å². The summed E-state index contributed by atoms with van der Waals surface area (Å²) < 4.78 is 0. The molecule has 2 aliphatic rings. The topological polar surface area (TPSA) is 63.8 Å². The Morgan fingerprint density at radius 2 is 2.05 bits per heavy atom. The summed E-state index contributed by atoms with van der Waals surface area (Å²) in [7, 11) is 0. The van der Waals surface area contributed by atoms with E-state index in [-0.39, 0.29) is 5.54 Å². The predicted octanol–water partition coefficient (Wildman–Crippen LogP) is 2.28. The van der Waals surface area contributed by atoms with Crippen molar-refractivity contribution in [2.24, 2.45) is 11.7 Å². The third-order valence-electron chi connectivity index (χ3n) is 4.68. The van der Waals surface area contributed by atoms with Crippen LogP contribution in [0.25, 0.3) is 0 Å². The van der Waals surface area contributed by atoms with Crippen LogP contribution in [0.4, 0.5) is 5.82 Å². The van der Waals surface area contributed by atoms with E-state index >= 15 is 0 Å². The average Bonchev–Trinajstić information content (AvgIpc) is 3.25. The molecule has 19 heavy (non-hydrogen) atoms. The molecule has 0 spiro atoms. The van der Waals surface area contributed by atoms with Crippen LogP contribution in [-0.4, -0.2) is 22.1 Å². The van der Waals surface area contributed by atoms with E-state index in [1.165, 1.54) is 43.4 Å². The summed E-state index contributed by atoms with van der Waals surface area (Å²) in [6.07, 6.45) is 10.3. The number of aromatic nitrogens is 2. The third kappa shape index (κ3) is 2.59. The SMILES string of the molecule is CC(CN)(Nc1ncnc2c1CCCCC2)C1CC1. The van der Waals surface area contributed by atoms with Gasteiger partial charge in [-0.15, -0.1) is 0 Å². The Kier molecular flexibility index (Phi) is 3.44. The fraction of sp³-hybridized carbons (Fsp3) is 0.733. The molecular formula is C15H24N4. The normalized spacial score (nSPS) is 22.2. The van der Waals surface area contributed by atoms with E-state index in [4.69, 9.17) is 5.73 Å². The van der Waals surface area contributed by atoms with Gasteiger partial charge in [0, 0.05) is 17.8 Å². The summed E-state index contributed by atoms with van der Waals surface area (Å²) in [5.41, 5.74) is 8.57. The number of fused-ring (bicyclic) bond motifs is 1. The smallest absolute Gasteiger partial charge is 0.133 e. The fourth-order valence-corrected chi connectivity index (χ4v) is 3.12. The van der Waals surface area contributed by atoms with Gasteiger partial charge in [0.25, 0.3) is 0 Å². The number of rotatable bonds is 4. The van der Waals surface area contributed by atoms with Crippen LogP contribution < -0.4 is 11.1 Å². The molecule has 4 nitrogen and oxygen atoms in total. The van der Waals surface area contributed by atoms with Gasteiger partial charge in [-0.05, 0) is 51.4 Å². The maximum Gasteiger partial charge on any atom is 0.133 e. The molecule has 4 heteroatoms. The number of nitrogens with two attached hydrogens (primary N) is 1. The molecule has 1 unspecified atom stereocenters. The Hall–Kier alpha value is -1.16. The number of aryl methyl sites for hydroxylation is 1.